The lowest BCUT2D eigenvalue weighted by Crippen LogP contribution is -2.31. The summed E-state index contributed by atoms with van der Waals surface area (Å²) in [6, 6.07) is 21.2. The smallest absolute Gasteiger partial charge is 0.339 e. The molecule has 0 unspecified atom stereocenters. The van der Waals surface area contributed by atoms with Gasteiger partial charge in [0.1, 0.15) is 5.82 Å². The molecule has 3 aromatic carbocycles. The molecule has 2 amide bonds. The number of hydrogen-bond donors (Lipinski definition) is 1. The van der Waals surface area contributed by atoms with Crippen LogP contribution in [0, 0.1) is 5.82 Å². The number of rotatable bonds is 8. The van der Waals surface area contributed by atoms with E-state index in [-0.39, 0.29) is 23.1 Å². The third kappa shape index (κ3) is 6.42. The molecule has 32 heavy (non-hydrogen) atoms. The first-order valence-corrected chi connectivity index (χ1v) is 10.7. The molecular weight excluding hydrogens is 431 g/mol. The van der Waals surface area contributed by atoms with Crippen LogP contribution >= 0.6 is 11.8 Å². The maximum Gasteiger partial charge on any atom is 0.339 e. The van der Waals surface area contributed by atoms with Crippen molar-refractivity contribution in [3.8, 4) is 0 Å². The zero-order chi connectivity index (χ0) is 22.9. The SMILES string of the molecule is CN(C(=O)COC(=O)c1ccccc1SCC(=O)Nc1ccc(F)cc1)c1ccccc1. The third-order valence-corrected chi connectivity index (χ3v) is 5.51. The summed E-state index contributed by atoms with van der Waals surface area (Å²) < 4.78 is 18.2. The summed E-state index contributed by atoms with van der Waals surface area (Å²) in [6.45, 7) is -0.408. The number of nitrogens with zero attached hydrogens (tertiary/aromatic N) is 1. The Morgan fingerprint density at radius 3 is 2.31 bits per heavy atom. The van der Waals surface area contributed by atoms with E-state index in [1.807, 2.05) is 18.2 Å². The molecule has 1 N–H and O–H groups in total. The van der Waals surface area contributed by atoms with E-state index >= 15 is 0 Å². The molecule has 0 aliphatic carbocycles. The van der Waals surface area contributed by atoms with E-state index in [9.17, 15) is 18.8 Å². The lowest BCUT2D eigenvalue weighted by atomic mass is 10.2. The predicted octanol–water partition coefficient (Wildman–Crippen LogP) is 4.38. The Morgan fingerprint density at radius 1 is 0.938 bits per heavy atom. The summed E-state index contributed by atoms with van der Waals surface area (Å²) in [5.74, 6) is -1.67. The van der Waals surface area contributed by atoms with Crippen molar-refractivity contribution >= 4 is 40.9 Å². The number of hydrogen-bond acceptors (Lipinski definition) is 5. The highest BCUT2D eigenvalue weighted by Crippen LogP contribution is 2.24. The lowest BCUT2D eigenvalue weighted by Gasteiger charge is -2.17. The average Bonchev–Trinajstić information content (AvgIpc) is 2.82. The first kappa shape index (κ1) is 23.0. The van der Waals surface area contributed by atoms with Gasteiger partial charge in [0.15, 0.2) is 6.61 Å². The first-order chi connectivity index (χ1) is 15.4. The van der Waals surface area contributed by atoms with Crippen LogP contribution in [-0.4, -0.2) is 37.2 Å². The summed E-state index contributed by atoms with van der Waals surface area (Å²) in [4.78, 5) is 39.0. The van der Waals surface area contributed by atoms with Crippen molar-refractivity contribution in [3.63, 3.8) is 0 Å². The molecule has 0 aliphatic rings. The van der Waals surface area contributed by atoms with Crippen LogP contribution in [0.3, 0.4) is 0 Å². The van der Waals surface area contributed by atoms with Gasteiger partial charge in [0.2, 0.25) is 5.91 Å². The summed E-state index contributed by atoms with van der Waals surface area (Å²) in [7, 11) is 1.61. The van der Waals surface area contributed by atoms with Crippen molar-refractivity contribution in [2.75, 3.05) is 29.6 Å². The predicted molar refractivity (Wildman–Crippen MR) is 122 cm³/mol. The summed E-state index contributed by atoms with van der Waals surface area (Å²) in [6.07, 6.45) is 0. The van der Waals surface area contributed by atoms with Gasteiger partial charge < -0.3 is 15.0 Å². The molecule has 0 atom stereocenters. The fraction of sp³-hybridized carbons (Fsp3) is 0.125. The van der Waals surface area contributed by atoms with E-state index in [0.29, 0.717) is 16.3 Å². The van der Waals surface area contributed by atoms with Crippen molar-refractivity contribution < 1.29 is 23.5 Å². The Hall–Kier alpha value is -3.65. The molecule has 6 nitrogen and oxygen atoms in total. The van der Waals surface area contributed by atoms with Crippen molar-refractivity contribution in [2.45, 2.75) is 4.90 Å². The highest BCUT2D eigenvalue weighted by atomic mass is 32.2. The van der Waals surface area contributed by atoms with Crippen LogP contribution < -0.4 is 10.2 Å². The number of carbonyl (C=O) groups excluding carboxylic acids is 3. The number of esters is 1. The molecule has 164 valence electrons. The first-order valence-electron chi connectivity index (χ1n) is 9.70. The summed E-state index contributed by atoms with van der Waals surface area (Å²) in [5, 5.41) is 2.66. The normalized spacial score (nSPS) is 10.3. The van der Waals surface area contributed by atoms with Gasteiger partial charge in [-0.1, -0.05) is 30.3 Å². The molecule has 0 aromatic heterocycles. The second kappa shape index (κ2) is 11.1. The van der Waals surface area contributed by atoms with Crippen LogP contribution in [-0.2, 0) is 14.3 Å². The number of benzene rings is 3. The van der Waals surface area contributed by atoms with Crippen molar-refractivity contribution in [2.24, 2.45) is 0 Å². The molecule has 0 spiro atoms. The number of para-hydroxylation sites is 1. The fourth-order valence-electron chi connectivity index (χ4n) is 2.73. The van der Waals surface area contributed by atoms with Gasteiger partial charge in [-0.3, -0.25) is 9.59 Å². The number of anilines is 2. The number of likely N-dealkylation sites (N-methyl/N-ethyl adjacent to an activating group) is 1. The lowest BCUT2D eigenvalue weighted by molar-refractivity contribution is -0.121. The Labute approximate surface area is 189 Å². The molecular formula is C24H21FN2O4S. The van der Waals surface area contributed by atoms with Crippen molar-refractivity contribution in [3.05, 3.63) is 90.2 Å². The topological polar surface area (TPSA) is 75.7 Å². The largest absolute Gasteiger partial charge is 0.452 e. The molecule has 3 rings (SSSR count). The fourth-order valence-corrected chi connectivity index (χ4v) is 3.57. The Balaban J connectivity index is 1.55. The van der Waals surface area contributed by atoms with Crippen LogP contribution in [0.5, 0.6) is 0 Å². The summed E-state index contributed by atoms with van der Waals surface area (Å²) in [5.41, 5.74) is 1.43. The van der Waals surface area contributed by atoms with Crippen LogP contribution in [0.2, 0.25) is 0 Å². The average molecular weight is 453 g/mol. The minimum Gasteiger partial charge on any atom is -0.452 e. The van der Waals surface area contributed by atoms with Gasteiger partial charge in [0, 0.05) is 23.3 Å². The maximum absolute atomic E-state index is 13.0. The monoisotopic (exact) mass is 452 g/mol. The maximum atomic E-state index is 13.0. The van der Waals surface area contributed by atoms with Crippen LogP contribution in [0.4, 0.5) is 15.8 Å². The third-order valence-electron chi connectivity index (χ3n) is 4.44. The van der Waals surface area contributed by atoms with Crippen LogP contribution in [0.15, 0.2) is 83.8 Å². The Bertz CT molecular complexity index is 1090. The minimum atomic E-state index is -0.651. The molecule has 0 heterocycles. The molecule has 0 aliphatic heterocycles. The van der Waals surface area contributed by atoms with Crippen LogP contribution in [0.1, 0.15) is 10.4 Å². The van der Waals surface area contributed by atoms with Crippen LogP contribution in [0.25, 0.3) is 0 Å². The second-order valence-electron chi connectivity index (χ2n) is 6.70. The van der Waals surface area contributed by atoms with E-state index in [1.54, 1.807) is 43.4 Å². The van der Waals surface area contributed by atoms with E-state index in [2.05, 4.69) is 5.32 Å². The van der Waals surface area contributed by atoms with E-state index in [4.69, 9.17) is 4.74 Å². The van der Waals surface area contributed by atoms with E-state index in [1.165, 1.54) is 29.2 Å². The zero-order valence-electron chi connectivity index (χ0n) is 17.3. The highest BCUT2D eigenvalue weighted by molar-refractivity contribution is 8.00. The van der Waals surface area contributed by atoms with E-state index < -0.39 is 18.4 Å². The molecule has 0 fully saturated rings. The van der Waals surface area contributed by atoms with Crippen molar-refractivity contribution in [1.29, 1.82) is 0 Å². The van der Waals surface area contributed by atoms with Crippen molar-refractivity contribution in [1.82, 2.24) is 0 Å². The van der Waals surface area contributed by atoms with Gasteiger partial charge in [0.05, 0.1) is 11.3 Å². The zero-order valence-corrected chi connectivity index (χ0v) is 18.1. The molecule has 0 bridgehead atoms. The molecule has 0 saturated heterocycles. The van der Waals surface area contributed by atoms with Gasteiger partial charge in [-0.2, -0.15) is 0 Å². The second-order valence-corrected chi connectivity index (χ2v) is 7.72. The Morgan fingerprint density at radius 2 is 1.59 bits per heavy atom. The highest BCUT2D eigenvalue weighted by Gasteiger charge is 2.18. The molecule has 0 radical (unpaired) electrons. The number of halogens is 1. The number of carbonyl (C=O) groups is 3. The molecule has 0 saturated carbocycles. The number of nitrogens with one attached hydrogen (secondary N) is 1. The van der Waals surface area contributed by atoms with E-state index in [0.717, 1.165) is 11.8 Å². The minimum absolute atomic E-state index is 0.0390. The molecule has 8 heteroatoms. The van der Waals surface area contributed by atoms with Gasteiger partial charge in [-0.05, 0) is 48.5 Å². The number of ether oxygens (including phenoxy) is 1. The van der Waals surface area contributed by atoms with Gasteiger partial charge in [0.25, 0.3) is 5.91 Å². The standard InChI is InChI=1S/C24H21FN2O4S/c1-27(19-7-3-2-4-8-19)23(29)15-31-24(30)20-9-5-6-10-21(20)32-16-22(28)26-18-13-11-17(25)12-14-18/h2-14H,15-16H2,1H3,(H,26,28). The number of amides is 2. The van der Waals surface area contributed by atoms with Gasteiger partial charge >= 0.3 is 5.97 Å². The quantitative estimate of drug-likeness (QED) is 0.406. The van der Waals surface area contributed by atoms with Gasteiger partial charge in [-0.15, -0.1) is 11.8 Å². The van der Waals surface area contributed by atoms with Gasteiger partial charge in [-0.25, -0.2) is 9.18 Å². The number of thioether (sulfide) groups is 1. The summed E-state index contributed by atoms with van der Waals surface area (Å²) >= 11 is 1.16. The Kier molecular flexibility index (Phi) is 7.99. The molecule has 3 aromatic rings.